The van der Waals surface area contributed by atoms with E-state index in [1.807, 2.05) is 12.1 Å². The van der Waals surface area contributed by atoms with Gasteiger partial charge in [-0.1, -0.05) is 35.9 Å². The number of nitrogens with one attached hydrogen (secondary N) is 2. The van der Waals surface area contributed by atoms with E-state index in [0.29, 0.717) is 33.4 Å². The van der Waals surface area contributed by atoms with Crippen molar-refractivity contribution in [2.24, 2.45) is 0 Å². The first-order valence-corrected chi connectivity index (χ1v) is 8.77. The van der Waals surface area contributed by atoms with Crippen LogP contribution < -0.4 is 10.1 Å². The number of amides is 1. The molecule has 1 amide bonds. The van der Waals surface area contributed by atoms with Crippen molar-refractivity contribution in [1.29, 1.82) is 0 Å². The van der Waals surface area contributed by atoms with E-state index in [4.69, 9.17) is 16.3 Å². The molecule has 3 aromatic rings. The number of ketones is 1. The summed E-state index contributed by atoms with van der Waals surface area (Å²) in [7, 11) is 1.52. The number of anilines is 1. The van der Waals surface area contributed by atoms with Crippen molar-refractivity contribution in [3.63, 3.8) is 0 Å². The molecule has 6 nitrogen and oxygen atoms in total. The fourth-order valence-electron chi connectivity index (χ4n) is 3.35. The number of methoxy groups -OCH3 is 1. The maximum Gasteiger partial charge on any atom is 0.226 e. The zero-order valence-corrected chi connectivity index (χ0v) is 15.2. The van der Waals surface area contributed by atoms with Gasteiger partial charge in [-0.3, -0.25) is 14.7 Å². The van der Waals surface area contributed by atoms with Crippen LogP contribution in [0.4, 0.5) is 5.82 Å². The van der Waals surface area contributed by atoms with Crippen LogP contribution in [0.1, 0.15) is 28.3 Å². The fraction of sp³-hybridized carbons (Fsp3) is 0.150. The predicted octanol–water partition coefficient (Wildman–Crippen LogP) is 4.05. The highest BCUT2D eigenvalue weighted by Crippen LogP contribution is 2.40. The number of aromatic amines is 1. The lowest BCUT2D eigenvalue weighted by Gasteiger charge is -2.22. The molecule has 0 saturated heterocycles. The van der Waals surface area contributed by atoms with Crippen LogP contribution in [0.3, 0.4) is 0 Å². The van der Waals surface area contributed by atoms with Crippen LogP contribution in [0.25, 0.3) is 11.3 Å². The molecule has 1 unspecified atom stereocenters. The van der Waals surface area contributed by atoms with Crippen LogP contribution in [0.5, 0.6) is 5.75 Å². The Morgan fingerprint density at radius 1 is 1.19 bits per heavy atom. The summed E-state index contributed by atoms with van der Waals surface area (Å²) in [4.78, 5) is 25.5. The molecule has 27 heavy (non-hydrogen) atoms. The molecule has 1 aliphatic heterocycles. The van der Waals surface area contributed by atoms with Gasteiger partial charge in [0.15, 0.2) is 11.6 Å². The minimum atomic E-state index is -0.658. The van der Waals surface area contributed by atoms with Gasteiger partial charge in [-0.2, -0.15) is 5.10 Å². The van der Waals surface area contributed by atoms with Crippen LogP contribution in [-0.4, -0.2) is 29.0 Å². The van der Waals surface area contributed by atoms with Crippen LogP contribution >= 0.6 is 11.6 Å². The largest absolute Gasteiger partial charge is 0.496 e. The number of para-hydroxylation sites is 1. The Bertz CT molecular complexity index is 1030. The maximum absolute atomic E-state index is 13.3. The van der Waals surface area contributed by atoms with Crippen molar-refractivity contribution < 1.29 is 14.3 Å². The number of hydrogen-bond acceptors (Lipinski definition) is 4. The van der Waals surface area contributed by atoms with E-state index in [9.17, 15) is 9.59 Å². The molecular formula is C20H16ClN3O3. The highest BCUT2D eigenvalue weighted by Gasteiger charge is 2.36. The Hall–Kier alpha value is -3.12. The molecule has 2 heterocycles. The number of carbonyl (C=O) groups excluding carboxylic acids is 2. The van der Waals surface area contributed by atoms with Gasteiger partial charge in [-0.15, -0.1) is 0 Å². The van der Waals surface area contributed by atoms with Crippen molar-refractivity contribution in [1.82, 2.24) is 10.2 Å². The monoisotopic (exact) mass is 381 g/mol. The van der Waals surface area contributed by atoms with Gasteiger partial charge in [-0.25, -0.2) is 0 Å². The van der Waals surface area contributed by atoms with Crippen LogP contribution in [-0.2, 0) is 4.79 Å². The third-order valence-electron chi connectivity index (χ3n) is 4.62. The Morgan fingerprint density at radius 2 is 1.93 bits per heavy atom. The maximum atomic E-state index is 13.3. The van der Waals surface area contributed by atoms with E-state index in [-0.39, 0.29) is 18.1 Å². The first-order chi connectivity index (χ1) is 13.1. The van der Waals surface area contributed by atoms with Gasteiger partial charge in [0.05, 0.1) is 24.3 Å². The average molecular weight is 382 g/mol. The van der Waals surface area contributed by atoms with E-state index in [1.54, 1.807) is 36.4 Å². The summed E-state index contributed by atoms with van der Waals surface area (Å²) in [5, 5.41) is 10.5. The number of H-pyrrole nitrogens is 1. The van der Waals surface area contributed by atoms with Gasteiger partial charge in [0, 0.05) is 22.6 Å². The number of hydrogen-bond donors (Lipinski definition) is 2. The molecular weight excluding hydrogens is 366 g/mol. The quantitative estimate of drug-likeness (QED) is 0.668. The lowest BCUT2D eigenvalue weighted by Crippen LogP contribution is -2.27. The summed E-state index contributed by atoms with van der Waals surface area (Å²) in [5.41, 5.74) is 2.64. The predicted molar refractivity (Wildman–Crippen MR) is 102 cm³/mol. The molecule has 0 saturated carbocycles. The molecule has 0 spiro atoms. The molecule has 0 fully saturated rings. The molecule has 136 valence electrons. The summed E-state index contributed by atoms with van der Waals surface area (Å²) in [6.45, 7) is 0. The van der Waals surface area contributed by atoms with E-state index in [1.165, 1.54) is 7.11 Å². The minimum Gasteiger partial charge on any atom is -0.496 e. The van der Waals surface area contributed by atoms with Gasteiger partial charge in [0.1, 0.15) is 5.75 Å². The molecule has 1 atom stereocenters. The standard InChI is InChI=1S/C20H16ClN3O3/c1-27-15-5-3-2-4-13(15)19(26)14-10-16(25)22-20-17(14)18(23-24-20)11-6-8-12(21)9-7-11/h2-9,14H,10H2,1H3,(H2,22,23,24,25). The van der Waals surface area contributed by atoms with E-state index in [0.717, 1.165) is 5.56 Å². The van der Waals surface area contributed by atoms with Crippen molar-refractivity contribution >= 4 is 29.1 Å². The molecule has 2 N–H and O–H groups in total. The van der Waals surface area contributed by atoms with Crippen molar-refractivity contribution in [2.45, 2.75) is 12.3 Å². The molecule has 2 aromatic carbocycles. The first kappa shape index (κ1) is 17.3. The van der Waals surface area contributed by atoms with E-state index < -0.39 is 5.92 Å². The molecule has 1 aliphatic rings. The zero-order chi connectivity index (χ0) is 19.0. The summed E-state index contributed by atoms with van der Waals surface area (Å²) in [6, 6.07) is 14.2. The minimum absolute atomic E-state index is 0.0456. The van der Waals surface area contributed by atoms with Gasteiger partial charge in [-0.05, 0) is 24.3 Å². The molecule has 0 aliphatic carbocycles. The topological polar surface area (TPSA) is 84.1 Å². The second kappa shape index (κ2) is 6.89. The number of ether oxygens (including phenoxy) is 1. The number of aromatic nitrogens is 2. The second-order valence-corrected chi connectivity index (χ2v) is 6.67. The number of benzene rings is 2. The van der Waals surface area contributed by atoms with Crippen LogP contribution in [0.2, 0.25) is 5.02 Å². The van der Waals surface area contributed by atoms with Gasteiger partial charge < -0.3 is 10.1 Å². The SMILES string of the molecule is COc1ccccc1C(=O)C1CC(=O)Nc2n[nH]c(-c3ccc(Cl)cc3)c21. The molecule has 0 bridgehead atoms. The van der Waals surface area contributed by atoms with Crippen LogP contribution in [0, 0.1) is 0 Å². The lowest BCUT2D eigenvalue weighted by atomic mass is 9.84. The van der Waals surface area contributed by atoms with Gasteiger partial charge in [0.25, 0.3) is 0 Å². The number of halogens is 1. The lowest BCUT2D eigenvalue weighted by molar-refractivity contribution is -0.116. The number of carbonyl (C=O) groups is 2. The van der Waals surface area contributed by atoms with Gasteiger partial charge >= 0.3 is 0 Å². The highest BCUT2D eigenvalue weighted by molar-refractivity contribution is 6.30. The Balaban J connectivity index is 1.82. The summed E-state index contributed by atoms with van der Waals surface area (Å²) in [5.74, 6) is -0.226. The highest BCUT2D eigenvalue weighted by atomic mass is 35.5. The summed E-state index contributed by atoms with van der Waals surface area (Å²) >= 11 is 5.98. The van der Waals surface area contributed by atoms with Crippen LogP contribution in [0.15, 0.2) is 48.5 Å². The third-order valence-corrected chi connectivity index (χ3v) is 4.87. The Morgan fingerprint density at radius 3 is 2.67 bits per heavy atom. The summed E-state index contributed by atoms with van der Waals surface area (Å²) in [6.07, 6.45) is 0.0456. The van der Waals surface area contributed by atoms with E-state index in [2.05, 4.69) is 15.5 Å². The number of nitrogens with zero attached hydrogens (tertiary/aromatic N) is 1. The number of rotatable bonds is 4. The second-order valence-electron chi connectivity index (χ2n) is 6.24. The van der Waals surface area contributed by atoms with Crippen molar-refractivity contribution in [3.8, 4) is 17.0 Å². The van der Waals surface area contributed by atoms with Gasteiger partial charge in [0.2, 0.25) is 5.91 Å². The fourth-order valence-corrected chi connectivity index (χ4v) is 3.48. The van der Waals surface area contributed by atoms with Crippen molar-refractivity contribution in [2.75, 3.05) is 12.4 Å². The molecule has 7 heteroatoms. The summed E-state index contributed by atoms with van der Waals surface area (Å²) < 4.78 is 5.32. The zero-order valence-electron chi connectivity index (χ0n) is 14.5. The van der Waals surface area contributed by atoms with E-state index >= 15 is 0 Å². The smallest absolute Gasteiger partial charge is 0.226 e. The average Bonchev–Trinajstić information content (AvgIpc) is 3.11. The Labute approximate surface area is 160 Å². The Kier molecular flexibility index (Phi) is 4.41. The molecule has 4 rings (SSSR count). The third kappa shape index (κ3) is 3.08. The molecule has 1 aromatic heterocycles. The normalized spacial score (nSPS) is 15.8. The van der Waals surface area contributed by atoms with Crippen molar-refractivity contribution in [3.05, 3.63) is 64.7 Å². The molecule has 0 radical (unpaired) electrons. The number of fused-ring (bicyclic) bond motifs is 1. The first-order valence-electron chi connectivity index (χ1n) is 8.39. The number of Topliss-reactive ketones (excluding diaryl/α,β-unsaturated/α-hetero) is 1.